The molecule has 5 aromatic rings. The lowest BCUT2D eigenvalue weighted by Crippen LogP contribution is -1.97. The van der Waals surface area contributed by atoms with Gasteiger partial charge in [-0.1, -0.05) is 42.5 Å². The number of nitrogens with one attached hydrogen (secondary N) is 1. The molecule has 0 fully saturated rings. The van der Waals surface area contributed by atoms with E-state index >= 15 is 0 Å². The van der Waals surface area contributed by atoms with Crippen molar-refractivity contribution in [3.05, 3.63) is 97.0 Å². The molecule has 36 heavy (non-hydrogen) atoms. The summed E-state index contributed by atoms with van der Waals surface area (Å²) < 4.78 is 13.6. The van der Waals surface area contributed by atoms with Crippen LogP contribution in [0.2, 0.25) is 0 Å². The third-order valence-electron chi connectivity index (χ3n) is 5.43. The molecule has 0 radical (unpaired) electrons. The van der Waals surface area contributed by atoms with Crippen LogP contribution in [0.4, 0.5) is 5.82 Å². The number of fused-ring (bicyclic) bond motifs is 1. The van der Waals surface area contributed by atoms with E-state index in [9.17, 15) is 0 Å². The molecule has 184 valence electrons. The largest absolute Gasteiger partial charge is 0.494 e. The van der Waals surface area contributed by atoms with Crippen LogP contribution in [0.15, 0.2) is 91.4 Å². The van der Waals surface area contributed by atoms with Crippen molar-refractivity contribution in [2.45, 2.75) is 13.5 Å². The van der Waals surface area contributed by atoms with Crippen LogP contribution in [0.1, 0.15) is 12.5 Å². The first-order valence-electron chi connectivity index (χ1n) is 11.8. The molecule has 0 aliphatic carbocycles. The summed E-state index contributed by atoms with van der Waals surface area (Å²) in [5, 5.41) is 3.56. The molecule has 0 unspecified atom stereocenters. The standard InChI is InChI=1S/C27H24N4O2.C2H7N/c1-2-32-22-13-11-21(12-14-22)31-16-24(25-26(28)29-18-30-27(25)31)20-9-6-10-23(15-20)33-17-19-7-4-3-5-8-19;1-3-2/h3-16,18H,2,17H2,1H3,(H2,28,29,30);3H,1-2H3. The summed E-state index contributed by atoms with van der Waals surface area (Å²) in [5.74, 6) is 2.05. The number of hydrogen-bond donors (Lipinski definition) is 2. The van der Waals surface area contributed by atoms with Gasteiger partial charge in [0.2, 0.25) is 0 Å². The third-order valence-corrected chi connectivity index (χ3v) is 5.43. The van der Waals surface area contributed by atoms with Gasteiger partial charge in [0.1, 0.15) is 30.3 Å². The Morgan fingerprint density at radius 3 is 2.33 bits per heavy atom. The smallest absolute Gasteiger partial charge is 0.150 e. The van der Waals surface area contributed by atoms with Crippen LogP contribution in [0.5, 0.6) is 11.5 Å². The first-order chi connectivity index (χ1) is 17.6. The average Bonchev–Trinajstić information content (AvgIpc) is 3.31. The van der Waals surface area contributed by atoms with Crippen molar-refractivity contribution < 1.29 is 9.47 Å². The second-order valence-electron chi connectivity index (χ2n) is 8.10. The molecule has 3 N–H and O–H groups in total. The SMILES string of the molecule is CCOc1ccc(-n2cc(-c3cccc(OCc4ccccc4)c3)c3c(N)ncnc32)cc1.CNC. The second kappa shape index (κ2) is 11.9. The van der Waals surface area contributed by atoms with Crippen LogP contribution in [-0.4, -0.2) is 35.2 Å². The topological polar surface area (TPSA) is 87.2 Å². The van der Waals surface area contributed by atoms with E-state index in [0.717, 1.165) is 44.9 Å². The van der Waals surface area contributed by atoms with E-state index in [-0.39, 0.29) is 0 Å². The van der Waals surface area contributed by atoms with Crippen molar-refractivity contribution in [3.63, 3.8) is 0 Å². The van der Waals surface area contributed by atoms with Crippen LogP contribution < -0.4 is 20.5 Å². The van der Waals surface area contributed by atoms with E-state index in [1.807, 2.05) is 111 Å². The molecule has 7 nitrogen and oxygen atoms in total. The maximum absolute atomic E-state index is 6.31. The van der Waals surface area contributed by atoms with Gasteiger partial charge in [-0.05, 0) is 68.5 Å². The zero-order valence-corrected chi connectivity index (χ0v) is 20.8. The Morgan fingerprint density at radius 2 is 1.61 bits per heavy atom. The highest BCUT2D eigenvalue weighted by atomic mass is 16.5. The molecule has 0 saturated heterocycles. The van der Waals surface area contributed by atoms with Gasteiger partial charge < -0.3 is 25.1 Å². The molecule has 2 aromatic heterocycles. The van der Waals surface area contributed by atoms with Gasteiger partial charge in [-0.3, -0.25) is 0 Å². The van der Waals surface area contributed by atoms with Gasteiger partial charge in [-0.15, -0.1) is 0 Å². The average molecular weight is 482 g/mol. The van der Waals surface area contributed by atoms with Gasteiger partial charge in [0.25, 0.3) is 0 Å². The molecule has 0 aliphatic rings. The maximum Gasteiger partial charge on any atom is 0.150 e. The third kappa shape index (κ3) is 5.64. The summed E-state index contributed by atoms with van der Waals surface area (Å²) in [6, 6.07) is 26.0. The van der Waals surface area contributed by atoms with E-state index in [4.69, 9.17) is 15.2 Å². The molecular formula is C29H31N5O2. The van der Waals surface area contributed by atoms with Gasteiger partial charge in [0.15, 0.2) is 5.65 Å². The highest BCUT2D eigenvalue weighted by Gasteiger charge is 2.16. The maximum atomic E-state index is 6.31. The Kier molecular flexibility index (Phi) is 8.16. The van der Waals surface area contributed by atoms with Crippen LogP contribution >= 0.6 is 0 Å². The van der Waals surface area contributed by atoms with E-state index < -0.39 is 0 Å². The zero-order valence-electron chi connectivity index (χ0n) is 20.8. The normalized spacial score (nSPS) is 10.5. The highest BCUT2D eigenvalue weighted by Crippen LogP contribution is 2.35. The molecule has 2 heterocycles. The lowest BCUT2D eigenvalue weighted by molar-refractivity contribution is 0.306. The minimum atomic E-state index is 0.440. The van der Waals surface area contributed by atoms with Crippen molar-refractivity contribution in [1.82, 2.24) is 19.9 Å². The number of hydrogen-bond acceptors (Lipinski definition) is 6. The Morgan fingerprint density at radius 1 is 0.861 bits per heavy atom. The second-order valence-corrected chi connectivity index (χ2v) is 8.10. The highest BCUT2D eigenvalue weighted by molar-refractivity contribution is 6.01. The zero-order chi connectivity index (χ0) is 25.3. The van der Waals surface area contributed by atoms with Crippen molar-refractivity contribution in [2.75, 3.05) is 26.4 Å². The van der Waals surface area contributed by atoms with Gasteiger partial charge in [-0.2, -0.15) is 0 Å². The summed E-state index contributed by atoms with van der Waals surface area (Å²) >= 11 is 0. The molecule has 0 saturated carbocycles. The van der Waals surface area contributed by atoms with Crippen molar-refractivity contribution in [1.29, 1.82) is 0 Å². The van der Waals surface area contributed by atoms with E-state index in [1.54, 1.807) is 0 Å². The van der Waals surface area contributed by atoms with E-state index in [1.165, 1.54) is 6.33 Å². The predicted octanol–water partition coefficient (Wildman–Crippen LogP) is 5.48. The number of nitrogens with two attached hydrogens (primary N) is 1. The van der Waals surface area contributed by atoms with Crippen LogP contribution in [0, 0.1) is 0 Å². The van der Waals surface area contributed by atoms with Gasteiger partial charge in [-0.25, -0.2) is 9.97 Å². The molecule has 0 bridgehead atoms. The summed E-state index contributed by atoms with van der Waals surface area (Å²) in [6.07, 6.45) is 3.54. The minimum Gasteiger partial charge on any atom is -0.494 e. The number of ether oxygens (including phenoxy) is 2. The molecule has 0 spiro atoms. The van der Waals surface area contributed by atoms with Crippen LogP contribution in [0.25, 0.3) is 27.8 Å². The Labute approximate surface area is 211 Å². The summed E-state index contributed by atoms with van der Waals surface area (Å²) in [4.78, 5) is 8.77. The fourth-order valence-electron chi connectivity index (χ4n) is 3.86. The Hall–Kier alpha value is -4.36. The number of benzene rings is 3. The number of nitrogens with zero attached hydrogens (tertiary/aromatic N) is 3. The van der Waals surface area contributed by atoms with E-state index in [0.29, 0.717) is 19.0 Å². The van der Waals surface area contributed by atoms with E-state index in [2.05, 4.69) is 15.3 Å². The molecule has 3 aromatic carbocycles. The monoisotopic (exact) mass is 481 g/mol. The Bertz CT molecular complexity index is 1400. The quantitative estimate of drug-likeness (QED) is 0.320. The summed E-state index contributed by atoms with van der Waals surface area (Å²) in [7, 11) is 3.75. The Balaban J connectivity index is 0.000000967. The lowest BCUT2D eigenvalue weighted by Gasteiger charge is -2.08. The van der Waals surface area contributed by atoms with Crippen LogP contribution in [0.3, 0.4) is 0 Å². The number of aromatic nitrogens is 3. The molecule has 5 rings (SSSR count). The molecule has 0 atom stereocenters. The minimum absolute atomic E-state index is 0.440. The fraction of sp³-hybridized carbons (Fsp3) is 0.172. The van der Waals surface area contributed by atoms with Crippen molar-refractivity contribution in [3.8, 4) is 28.3 Å². The fourth-order valence-corrected chi connectivity index (χ4v) is 3.86. The van der Waals surface area contributed by atoms with Crippen molar-refractivity contribution in [2.24, 2.45) is 0 Å². The molecule has 0 amide bonds. The van der Waals surface area contributed by atoms with Gasteiger partial charge >= 0.3 is 0 Å². The number of anilines is 1. The predicted molar refractivity (Wildman–Crippen MR) is 146 cm³/mol. The van der Waals surface area contributed by atoms with Crippen LogP contribution in [-0.2, 0) is 6.61 Å². The summed E-state index contributed by atoms with van der Waals surface area (Å²) in [6.45, 7) is 3.10. The molecular weight excluding hydrogens is 450 g/mol. The lowest BCUT2D eigenvalue weighted by atomic mass is 10.1. The molecule has 7 heteroatoms. The summed E-state index contributed by atoms with van der Waals surface area (Å²) in [5.41, 5.74) is 11.1. The molecule has 0 aliphatic heterocycles. The number of nitrogen functional groups attached to an aromatic ring is 1. The first kappa shape index (κ1) is 24.8. The number of rotatable bonds is 7. The van der Waals surface area contributed by atoms with Gasteiger partial charge in [0.05, 0.1) is 12.0 Å². The van der Waals surface area contributed by atoms with Gasteiger partial charge in [0, 0.05) is 17.4 Å². The first-order valence-corrected chi connectivity index (χ1v) is 11.8. The van der Waals surface area contributed by atoms with Crippen molar-refractivity contribution >= 4 is 16.9 Å².